The van der Waals surface area contributed by atoms with Crippen LogP contribution in [0.2, 0.25) is 0 Å². The van der Waals surface area contributed by atoms with Crippen LogP contribution in [0.1, 0.15) is 39.7 Å². The Bertz CT molecular complexity index is 422. The number of rotatable bonds is 6. The van der Waals surface area contributed by atoms with E-state index in [1.165, 1.54) is 23.5 Å². The summed E-state index contributed by atoms with van der Waals surface area (Å²) in [6, 6.07) is 12.2. The molecule has 1 aliphatic heterocycles. The smallest absolute Gasteiger partial charge is 0.0535 e. The van der Waals surface area contributed by atoms with Crippen molar-refractivity contribution in [3.63, 3.8) is 0 Å². The third-order valence-corrected chi connectivity index (χ3v) is 5.83. The zero-order valence-electron chi connectivity index (χ0n) is 13.9. The van der Waals surface area contributed by atoms with Crippen molar-refractivity contribution in [3.05, 3.63) is 35.9 Å². The summed E-state index contributed by atoms with van der Waals surface area (Å²) >= 11 is 2.06. The van der Waals surface area contributed by atoms with Crippen LogP contribution in [-0.4, -0.2) is 41.6 Å². The molecule has 1 aromatic carbocycles. The van der Waals surface area contributed by atoms with Gasteiger partial charge in [-0.1, -0.05) is 44.2 Å². The van der Waals surface area contributed by atoms with Crippen molar-refractivity contribution < 1.29 is 0 Å². The highest BCUT2D eigenvalue weighted by Gasteiger charge is 2.37. The molecule has 0 radical (unpaired) electrons. The van der Waals surface area contributed by atoms with Gasteiger partial charge in [0, 0.05) is 30.9 Å². The fourth-order valence-corrected chi connectivity index (χ4v) is 4.06. The summed E-state index contributed by atoms with van der Waals surface area (Å²) < 4.78 is 0. The predicted octanol–water partition coefficient (Wildman–Crippen LogP) is 3.73. The number of benzene rings is 1. The number of thioether (sulfide) groups is 1. The molecule has 1 heterocycles. The summed E-state index contributed by atoms with van der Waals surface area (Å²) in [5.41, 5.74) is 1.47. The molecule has 0 saturated carbocycles. The molecule has 1 aromatic rings. The second-order valence-corrected chi connectivity index (χ2v) is 7.64. The summed E-state index contributed by atoms with van der Waals surface area (Å²) in [6.07, 6.45) is 1.22. The molecule has 0 amide bonds. The SMILES string of the molecule is CCSCC(C)N1CC(C)(c2ccccc2)NCC1CC. The first-order valence-electron chi connectivity index (χ1n) is 8.24. The Kier molecular flexibility index (Phi) is 6.15. The number of hydrogen-bond donors (Lipinski definition) is 1. The van der Waals surface area contributed by atoms with Crippen molar-refractivity contribution in [2.24, 2.45) is 0 Å². The molecule has 3 atom stereocenters. The monoisotopic (exact) mass is 306 g/mol. The lowest BCUT2D eigenvalue weighted by Gasteiger charge is -2.49. The van der Waals surface area contributed by atoms with Gasteiger partial charge in [-0.15, -0.1) is 0 Å². The van der Waals surface area contributed by atoms with E-state index >= 15 is 0 Å². The minimum Gasteiger partial charge on any atom is -0.305 e. The van der Waals surface area contributed by atoms with Gasteiger partial charge in [0.05, 0.1) is 5.54 Å². The molecule has 2 nitrogen and oxygen atoms in total. The molecule has 1 saturated heterocycles. The lowest BCUT2D eigenvalue weighted by atomic mass is 9.87. The minimum atomic E-state index is 0.0675. The van der Waals surface area contributed by atoms with E-state index in [2.05, 4.69) is 80.0 Å². The molecule has 0 bridgehead atoms. The number of nitrogens with zero attached hydrogens (tertiary/aromatic N) is 1. The van der Waals surface area contributed by atoms with Crippen LogP contribution in [0.15, 0.2) is 30.3 Å². The summed E-state index contributed by atoms with van der Waals surface area (Å²) in [7, 11) is 0. The predicted molar refractivity (Wildman–Crippen MR) is 95.0 cm³/mol. The van der Waals surface area contributed by atoms with E-state index in [9.17, 15) is 0 Å². The average molecular weight is 307 g/mol. The van der Waals surface area contributed by atoms with E-state index in [0.717, 1.165) is 13.1 Å². The normalized spacial score (nSPS) is 28.5. The second-order valence-electron chi connectivity index (χ2n) is 6.32. The van der Waals surface area contributed by atoms with Gasteiger partial charge < -0.3 is 5.32 Å². The van der Waals surface area contributed by atoms with E-state index in [0.29, 0.717) is 12.1 Å². The molecule has 1 aliphatic rings. The molecule has 0 aromatic heterocycles. The maximum atomic E-state index is 3.81. The molecule has 1 N–H and O–H groups in total. The summed E-state index contributed by atoms with van der Waals surface area (Å²) in [4.78, 5) is 2.73. The maximum Gasteiger partial charge on any atom is 0.0535 e. The Morgan fingerprint density at radius 2 is 2.05 bits per heavy atom. The van der Waals surface area contributed by atoms with Gasteiger partial charge in [0.2, 0.25) is 0 Å². The first-order chi connectivity index (χ1) is 10.1. The highest BCUT2D eigenvalue weighted by atomic mass is 32.2. The van der Waals surface area contributed by atoms with Crippen molar-refractivity contribution >= 4 is 11.8 Å². The zero-order chi connectivity index (χ0) is 15.3. The standard InChI is InChI=1S/C18H30N2S/c1-5-17-12-19-18(4,16-10-8-7-9-11-16)14-20(17)15(3)13-21-6-2/h7-11,15,17,19H,5-6,12-14H2,1-4H3. The van der Waals surface area contributed by atoms with Crippen molar-refractivity contribution in [1.82, 2.24) is 10.2 Å². The first kappa shape index (κ1) is 16.9. The Labute approximate surface area is 134 Å². The third kappa shape index (κ3) is 4.02. The van der Waals surface area contributed by atoms with Crippen LogP contribution >= 0.6 is 11.8 Å². The van der Waals surface area contributed by atoms with Crippen molar-refractivity contribution in [3.8, 4) is 0 Å². The van der Waals surface area contributed by atoms with E-state index in [1.807, 2.05) is 0 Å². The lowest BCUT2D eigenvalue weighted by molar-refractivity contribution is 0.0581. The molecular formula is C18H30N2S. The quantitative estimate of drug-likeness (QED) is 0.862. The van der Waals surface area contributed by atoms with E-state index in [-0.39, 0.29) is 5.54 Å². The van der Waals surface area contributed by atoms with E-state index < -0.39 is 0 Å². The first-order valence-corrected chi connectivity index (χ1v) is 9.40. The number of hydrogen-bond acceptors (Lipinski definition) is 3. The van der Waals surface area contributed by atoms with Crippen molar-refractivity contribution in [2.75, 3.05) is 24.6 Å². The highest BCUT2D eigenvalue weighted by molar-refractivity contribution is 7.99. The molecule has 3 unspecified atom stereocenters. The van der Waals surface area contributed by atoms with Gasteiger partial charge >= 0.3 is 0 Å². The molecular weight excluding hydrogens is 276 g/mol. The van der Waals surface area contributed by atoms with Gasteiger partial charge in [0.1, 0.15) is 0 Å². The van der Waals surface area contributed by atoms with Gasteiger partial charge in [-0.25, -0.2) is 0 Å². The molecule has 21 heavy (non-hydrogen) atoms. The third-order valence-electron chi connectivity index (χ3n) is 4.71. The minimum absolute atomic E-state index is 0.0675. The average Bonchev–Trinajstić information content (AvgIpc) is 2.53. The van der Waals surface area contributed by atoms with Gasteiger partial charge in [-0.05, 0) is 31.6 Å². The van der Waals surface area contributed by atoms with Crippen molar-refractivity contribution in [2.45, 2.75) is 51.7 Å². The van der Waals surface area contributed by atoms with Crippen LogP contribution in [0.3, 0.4) is 0 Å². The van der Waals surface area contributed by atoms with Crippen LogP contribution in [0.5, 0.6) is 0 Å². The van der Waals surface area contributed by atoms with Gasteiger partial charge in [-0.3, -0.25) is 4.90 Å². The van der Waals surface area contributed by atoms with Gasteiger partial charge in [0.15, 0.2) is 0 Å². The number of piperazine rings is 1. The Morgan fingerprint density at radius 1 is 1.33 bits per heavy atom. The van der Waals surface area contributed by atoms with E-state index in [1.54, 1.807) is 0 Å². The second kappa shape index (κ2) is 7.66. The van der Waals surface area contributed by atoms with Crippen LogP contribution in [0.4, 0.5) is 0 Å². The fourth-order valence-electron chi connectivity index (χ4n) is 3.29. The summed E-state index contributed by atoms with van der Waals surface area (Å²) in [6.45, 7) is 11.5. The van der Waals surface area contributed by atoms with Gasteiger partial charge in [-0.2, -0.15) is 11.8 Å². The van der Waals surface area contributed by atoms with Crippen molar-refractivity contribution in [1.29, 1.82) is 0 Å². The Hall–Kier alpha value is -0.510. The molecule has 1 fully saturated rings. The van der Waals surface area contributed by atoms with Crippen LogP contribution in [0.25, 0.3) is 0 Å². The molecule has 0 spiro atoms. The molecule has 2 rings (SSSR count). The fraction of sp³-hybridized carbons (Fsp3) is 0.667. The molecule has 3 heteroatoms. The molecule has 118 valence electrons. The van der Waals surface area contributed by atoms with Crippen LogP contribution in [-0.2, 0) is 5.54 Å². The largest absolute Gasteiger partial charge is 0.305 e. The zero-order valence-corrected chi connectivity index (χ0v) is 14.7. The Morgan fingerprint density at radius 3 is 2.67 bits per heavy atom. The molecule has 0 aliphatic carbocycles. The Balaban J connectivity index is 2.14. The summed E-state index contributed by atoms with van der Waals surface area (Å²) in [5, 5.41) is 3.81. The van der Waals surface area contributed by atoms with Crippen LogP contribution in [0, 0.1) is 0 Å². The lowest BCUT2D eigenvalue weighted by Crippen LogP contribution is -2.63. The topological polar surface area (TPSA) is 15.3 Å². The number of nitrogens with one attached hydrogen (secondary N) is 1. The highest BCUT2D eigenvalue weighted by Crippen LogP contribution is 2.29. The summed E-state index contributed by atoms with van der Waals surface area (Å²) in [5.74, 6) is 2.45. The van der Waals surface area contributed by atoms with Gasteiger partial charge in [0.25, 0.3) is 0 Å². The van der Waals surface area contributed by atoms with E-state index in [4.69, 9.17) is 0 Å². The maximum absolute atomic E-state index is 3.81. The van der Waals surface area contributed by atoms with Crippen LogP contribution < -0.4 is 5.32 Å².